The summed E-state index contributed by atoms with van der Waals surface area (Å²) >= 11 is 0. The molecule has 0 aromatic carbocycles. The first-order valence-electron chi connectivity index (χ1n) is 14.1. The van der Waals surface area contributed by atoms with E-state index in [1.165, 1.54) is 48.2 Å². The molecule has 1 atom stereocenters. The number of amides is 4. The van der Waals surface area contributed by atoms with Gasteiger partial charge in [0.05, 0.1) is 17.9 Å². The third kappa shape index (κ3) is 8.74. The number of rotatable bonds is 9. The van der Waals surface area contributed by atoms with Crippen molar-refractivity contribution in [3.63, 3.8) is 0 Å². The molecule has 14 nitrogen and oxygen atoms in total. The average Bonchev–Trinajstić information content (AvgIpc) is 3.92. The molecule has 1 unspecified atom stereocenters. The normalized spacial score (nSPS) is 17.0. The highest BCUT2D eigenvalue weighted by atomic mass is 16.2. The number of nitrogens with one attached hydrogen (secondary N) is 3. The van der Waals surface area contributed by atoms with Crippen molar-refractivity contribution in [3.8, 4) is 0 Å². The molecular weight excluding hydrogens is 550 g/mol. The van der Waals surface area contributed by atoms with Gasteiger partial charge in [0, 0.05) is 51.5 Å². The van der Waals surface area contributed by atoms with Crippen LogP contribution in [0.4, 0.5) is 22.1 Å². The molecular formula is C29H39N11O3. The van der Waals surface area contributed by atoms with Crippen molar-refractivity contribution in [2.75, 3.05) is 37.1 Å². The molecule has 2 fully saturated rings. The molecule has 43 heavy (non-hydrogen) atoms. The van der Waals surface area contributed by atoms with Crippen molar-refractivity contribution in [3.05, 3.63) is 53.9 Å². The van der Waals surface area contributed by atoms with Crippen LogP contribution in [0.2, 0.25) is 0 Å². The molecule has 5 N–H and O–H groups in total. The summed E-state index contributed by atoms with van der Waals surface area (Å²) < 4.78 is 1.94. The fourth-order valence-corrected chi connectivity index (χ4v) is 4.34. The maximum Gasteiger partial charge on any atom is 0.314 e. The number of aliphatic imine (C=N–C) groups is 1. The topological polar surface area (TPSA) is 175 Å². The zero-order valence-corrected chi connectivity index (χ0v) is 24.9. The summed E-state index contributed by atoms with van der Waals surface area (Å²) in [6.45, 7) is 2.58. The van der Waals surface area contributed by atoms with Crippen molar-refractivity contribution in [2.24, 2.45) is 16.6 Å². The number of aromatic nitrogens is 4. The summed E-state index contributed by atoms with van der Waals surface area (Å²) in [5, 5.41) is 8.36. The van der Waals surface area contributed by atoms with Crippen molar-refractivity contribution in [1.29, 1.82) is 0 Å². The maximum absolute atomic E-state index is 10.9. The van der Waals surface area contributed by atoms with Crippen LogP contribution in [0.5, 0.6) is 0 Å². The number of imidazole rings is 1. The lowest BCUT2D eigenvalue weighted by Crippen LogP contribution is -2.32. The molecule has 0 radical (unpaired) electrons. The van der Waals surface area contributed by atoms with E-state index in [1.54, 1.807) is 20.2 Å². The van der Waals surface area contributed by atoms with E-state index in [0.717, 1.165) is 11.6 Å². The van der Waals surface area contributed by atoms with E-state index in [0.29, 0.717) is 54.4 Å². The number of carbonyl (C=O) groups excluding carboxylic acids is 3. The Morgan fingerprint density at radius 2 is 1.77 bits per heavy atom. The fraction of sp³-hybridized carbons (Fsp3) is 0.414. The number of urea groups is 1. The lowest BCUT2D eigenvalue weighted by molar-refractivity contribution is -0.106. The lowest BCUT2D eigenvalue weighted by atomic mass is 10.2. The molecule has 1 aliphatic heterocycles. The van der Waals surface area contributed by atoms with E-state index in [4.69, 9.17) is 5.73 Å². The largest absolute Gasteiger partial charge is 0.364 e. The smallest absolute Gasteiger partial charge is 0.314 e. The van der Waals surface area contributed by atoms with Crippen LogP contribution in [0.3, 0.4) is 0 Å². The highest BCUT2D eigenvalue weighted by Crippen LogP contribution is 2.41. The molecule has 14 heteroatoms. The predicted octanol–water partition coefficient (Wildman–Crippen LogP) is 3.02. The molecule has 2 saturated carbocycles. The SMILES string of the molecule is CC1=CC=NC(C2CC2)N1C.CN(C)C(N)=O.O=CNc1cc(NCc2cn3cc(C4CC4)cc(NC=O)c3n2)ncn1. The van der Waals surface area contributed by atoms with Crippen molar-refractivity contribution in [2.45, 2.75) is 51.2 Å². The molecule has 0 bridgehead atoms. The van der Waals surface area contributed by atoms with Crippen LogP contribution in [0.25, 0.3) is 5.65 Å². The third-order valence-corrected chi connectivity index (χ3v) is 7.20. The van der Waals surface area contributed by atoms with Gasteiger partial charge in [-0.15, -0.1) is 0 Å². The van der Waals surface area contributed by atoms with Crippen LogP contribution in [-0.2, 0) is 16.1 Å². The number of fused-ring (bicyclic) bond motifs is 1. The first-order chi connectivity index (χ1) is 20.7. The molecule has 3 aliphatic rings. The van der Waals surface area contributed by atoms with E-state index < -0.39 is 6.03 Å². The van der Waals surface area contributed by atoms with E-state index in [1.807, 2.05) is 22.9 Å². The monoisotopic (exact) mass is 589 g/mol. The third-order valence-electron chi connectivity index (χ3n) is 7.20. The van der Waals surface area contributed by atoms with Crippen molar-refractivity contribution < 1.29 is 14.4 Å². The number of carbonyl (C=O) groups is 3. The maximum atomic E-state index is 10.9. The Balaban J connectivity index is 0.000000204. The number of anilines is 3. The minimum atomic E-state index is -0.407. The summed E-state index contributed by atoms with van der Waals surface area (Å²) in [5.74, 6) is 2.39. The Morgan fingerprint density at radius 3 is 2.40 bits per heavy atom. The number of primary amides is 1. The van der Waals surface area contributed by atoms with Crippen LogP contribution in [0, 0.1) is 5.92 Å². The van der Waals surface area contributed by atoms with Gasteiger partial charge in [-0.25, -0.2) is 19.7 Å². The summed E-state index contributed by atoms with van der Waals surface area (Å²) in [7, 11) is 5.33. The molecule has 3 aromatic rings. The Labute approximate surface area is 250 Å². The van der Waals surface area contributed by atoms with Gasteiger partial charge < -0.3 is 35.9 Å². The summed E-state index contributed by atoms with van der Waals surface area (Å²) in [6.07, 6.45) is 16.1. The van der Waals surface area contributed by atoms with Crippen LogP contribution < -0.4 is 21.7 Å². The molecule has 2 aliphatic carbocycles. The first kappa shape index (κ1) is 30.9. The van der Waals surface area contributed by atoms with Gasteiger partial charge in [-0.05, 0) is 62.1 Å². The van der Waals surface area contributed by atoms with Crippen molar-refractivity contribution in [1.82, 2.24) is 29.2 Å². The molecule has 0 spiro atoms. The fourth-order valence-electron chi connectivity index (χ4n) is 4.34. The number of hydrogen-bond donors (Lipinski definition) is 4. The van der Waals surface area contributed by atoms with Gasteiger partial charge in [0.15, 0.2) is 5.65 Å². The average molecular weight is 590 g/mol. The second kappa shape index (κ2) is 14.2. The summed E-state index contributed by atoms with van der Waals surface area (Å²) in [5.41, 5.74) is 9.46. The zero-order chi connectivity index (χ0) is 30.9. The number of nitrogens with zero attached hydrogens (tertiary/aromatic N) is 7. The van der Waals surface area contributed by atoms with Crippen LogP contribution in [0.1, 0.15) is 49.8 Å². The summed E-state index contributed by atoms with van der Waals surface area (Å²) in [4.78, 5) is 51.9. The molecule has 6 rings (SSSR count). The first-order valence-corrected chi connectivity index (χ1v) is 14.1. The highest BCUT2D eigenvalue weighted by molar-refractivity contribution is 5.81. The Morgan fingerprint density at radius 1 is 1.07 bits per heavy atom. The van der Waals surface area contributed by atoms with Gasteiger partial charge in [-0.1, -0.05) is 0 Å². The molecule has 228 valence electrons. The van der Waals surface area contributed by atoms with E-state index in [9.17, 15) is 14.4 Å². The second-order valence-corrected chi connectivity index (χ2v) is 10.8. The van der Waals surface area contributed by atoms with Crippen molar-refractivity contribution >= 4 is 48.0 Å². The Kier molecular flexibility index (Phi) is 10.3. The van der Waals surface area contributed by atoms with Gasteiger partial charge in [0.1, 0.15) is 24.1 Å². The zero-order valence-electron chi connectivity index (χ0n) is 24.9. The molecule has 3 aromatic heterocycles. The quantitative estimate of drug-likeness (QED) is 0.275. The van der Waals surface area contributed by atoms with E-state index >= 15 is 0 Å². The highest BCUT2D eigenvalue weighted by Gasteiger charge is 2.34. The van der Waals surface area contributed by atoms with Gasteiger partial charge in [-0.3, -0.25) is 14.6 Å². The van der Waals surface area contributed by atoms with Gasteiger partial charge in [0.25, 0.3) is 0 Å². The second-order valence-electron chi connectivity index (χ2n) is 10.8. The minimum Gasteiger partial charge on any atom is -0.364 e. The Bertz CT molecular complexity index is 1490. The molecule has 4 amide bonds. The number of hydrogen-bond acceptors (Lipinski definition) is 9. The van der Waals surface area contributed by atoms with Crippen LogP contribution in [-0.4, -0.2) is 81.5 Å². The minimum absolute atomic E-state index is 0.407. The van der Waals surface area contributed by atoms with Gasteiger partial charge >= 0.3 is 6.03 Å². The Hall–Kier alpha value is -5.01. The van der Waals surface area contributed by atoms with E-state index in [2.05, 4.69) is 67.0 Å². The van der Waals surface area contributed by atoms with Crippen LogP contribution in [0.15, 0.2) is 47.6 Å². The summed E-state index contributed by atoms with van der Waals surface area (Å²) in [6, 6.07) is 3.22. The predicted molar refractivity (Wildman–Crippen MR) is 166 cm³/mol. The number of nitrogens with two attached hydrogens (primary N) is 1. The van der Waals surface area contributed by atoms with Crippen LogP contribution >= 0.6 is 0 Å². The number of allylic oxidation sites excluding steroid dienone is 2. The molecule has 0 saturated heterocycles. The number of pyridine rings is 1. The van der Waals surface area contributed by atoms with Gasteiger partial charge in [0.2, 0.25) is 12.8 Å². The standard InChI is InChI=1S/C17H17N7O2.C9H14N2.C3H8N2O/c25-9-21-14-3-12(11-1-2-11)6-24-7-13(23-17(14)24)5-18-15-4-16(22-10-26)20-8-19-15;1-7-5-6-10-9(11(7)2)8-3-4-8;1-5(2)3(4)6/h3-4,6-11H,1-2,5H2,(H,21,25)(H2,18,19,20,22,26);5-6,8-9H,3-4H2,1-2H3;1-2H3,(H2,4,6). The van der Waals surface area contributed by atoms with E-state index in [-0.39, 0.29) is 0 Å². The van der Waals surface area contributed by atoms with Gasteiger partial charge in [-0.2, -0.15) is 0 Å². The molecule has 4 heterocycles. The lowest BCUT2D eigenvalue weighted by Gasteiger charge is -2.29.